The van der Waals surface area contributed by atoms with E-state index in [1.54, 1.807) is 0 Å². The Labute approximate surface area is 127 Å². The monoisotopic (exact) mass is 282 g/mol. The highest BCUT2D eigenvalue weighted by molar-refractivity contribution is 4.83. The third-order valence-electron chi connectivity index (χ3n) is 4.71. The van der Waals surface area contributed by atoms with E-state index in [4.69, 9.17) is 0 Å². The fourth-order valence-corrected chi connectivity index (χ4v) is 3.41. The van der Waals surface area contributed by atoms with E-state index >= 15 is 0 Å². The molecule has 0 radical (unpaired) electrons. The van der Waals surface area contributed by atoms with E-state index in [9.17, 15) is 0 Å². The average Bonchev–Trinajstić information content (AvgIpc) is 2.49. The minimum atomic E-state index is 0.787. The van der Waals surface area contributed by atoms with Crippen molar-refractivity contribution in [3.63, 3.8) is 0 Å². The summed E-state index contributed by atoms with van der Waals surface area (Å²) in [5, 5.41) is 3.81. The molecule has 1 fully saturated rings. The maximum absolute atomic E-state index is 3.81. The summed E-state index contributed by atoms with van der Waals surface area (Å²) < 4.78 is 0. The van der Waals surface area contributed by atoms with Crippen molar-refractivity contribution in [2.75, 3.05) is 26.2 Å². The largest absolute Gasteiger partial charge is 0.314 e. The second-order valence-electron chi connectivity index (χ2n) is 6.61. The minimum absolute atomic E-state index is 0.787. The fourth-order valence-electron chi connectivity index (χ4n) is 3.41. The van der Waals surface area contributed by atoms with E-state index in [0.29, 0.717) is 0 Å². The lowest BCUT2D eigenvalue weighted by Gasteiger charge is -2.36. The van der Waals surface area contributed by atoms with Crippen LogP contribution in [0.4, 0.5) is 0 Å². The molecular formula is C18H38N2. The Morgan fingerprint density at radius 3 is 2.15 bits per heavy atom. The van der Waals surface area contributed by atoms with Crippen LogP contribution in [-0.4, -0.2) is 37.1 Å². The van der Waals surface area contributed by atoms with Gasteiger partial charge in [0.25, 0.3) is 0 Å². The SMILES string of the molecule is CCCCN(CCCC)CC1CCCCC1NCCC. The number of nitrogens with one attached hydrogen (secondary N) is 1. The molecule has 2 heteroatoms. The van der Waals surface area contributed by atoms with E-state index in [1.165, 1.54) is 84.0 Å². The molecule has 0 amide bonds. The summed E-state index contributed by atoms with van der Waals surface area (Å²) >= 11 is 0. The molecule has 0 bridgehead atoms. The third-order valence-corrected chi connectivity index (χ3v) is 4.71. The lowest BCUT2D eigenvalue weighted by Crippen LogP contribution is -2.45. The van der Waals surface area contributed by atoms with Gasteiger partial charge in [0.05, 0.1) is 0 Å². The van der Waals surface area contributed by atoms with Gasteiger partial charge in [-0.15, -0.1) is 0 Å². The first-order chi connectivity index (χ1) is 9.81. The number of hydrogen-bond donors (Lipinski definition) is 1. The predicted molar refractivity (Wildman–Crippen MR) is 90.3 cm³/mol. The number of hydrogen-bond acceptors (Lipinski definition) is 2. The molecular weight excluding hydrogens is 244 g/mol. The summed E-state index contributed by atoms with van der Waals surface area (Å²) in [6, 6.07) is 0.787. The second kappa shape index (κ2) is 11.6. The first-order valence-corrected chi connectivity index (χ1v) is 9.27. The van der Waals surface area contributed by atoms with Crippen LogP contribution in [0.5, 0.6) is 0 Å². The van der Waals surface area contributed by atoms with Gasteiger partial charge in [-0.1, -0.05) is 46.5 Å². The number of nitrogens with zero attached hydrogens (tertiary/aromatic N) is 1. The Balaban J connectivity index is 2.44. The summed E-state index contributed by atoms with van der Waals surface area (Å²) in [6.45, 7) is 12.1. The van der Waals surface area contributed by atoms with Crippen molar-refractivity contribution in [2.45, 2.75) is 84.6 Å². The molecule has 1 aliphatic carbocycles. The summed E-state index contributed by atoms with van der Waals surface area (Å²) in [4.78, 5) is 2.75. The molecule has 0 spiro atoms. The standard InChI is InChI=1S/C18H38N2/c1-4-7-14-20(15-8-5-2)16-17-11-9-10-12-18(17)19-13-6-3/h17-19H,4-16H2,1-3H3. The molecule has 1 saturated carbocycles. The van der Waals surface area contributed by atoms with Gasteiger partial charge in [-0.2, -0.15) is 0 Å². The van der Waals surface area contributed by atoms with Crippen LogP contribution < -0.4 is 5.32 Å². The van der Waals surface area contributed by atoms with Crippen LogP contribution in [0, 0.1) is 5.92 Å². The minimum Gasteiger partial charge on any atom is -0.314 e. The Hall–Kier alpha value is -0.0800. The average molecular weight is 283 g/mol. The van der Waals surface area contributed by atoms with Gasteiger partial charge < -0.3 is 10.2 Å². The fraction of sp³-hybridized carbons (Fsp3) is 1.00. The maximum atomic E-state index is 3.81. The molecule has 0 heterocycles. The van der Waals surface area contributed by atoms with Crippen LogP contribution in [0.2, 0.25) is 0 Å². The van der Waals surface area contributed by atoms with Gasteiger partial charge in [0, 0.05) is 12.6 Å². The van der Waals surface area contributed by atoms with E-state index in [0.717, 1.165) is 12.0 Å². The Bertz CT molecular complexity index is 209. The van der Waals surface area contributed by atoms with Crippen molar-refractivity contribution >= 4 is 0 Å². The third kappa shape index (κ3) is 7.08. The van der Waals surface area contributed by atoms with E-state index in [2.05, 4.69) is 31.0 Å². The molecule has 0 saturated heterocycles. The Kier molecular flexibility index (Phi) is 10.4. The molecule has 2 unspecified atom stereocenters. The maximum Gasteiger partial charge on any atom is 0.0107 e. The van der Waals surface area contributed by atoms with Gasteiger partial charge in [0.1, 0.15) is 0 Å². The molecule has 0 aromatic heterocycles. The highest BCUT2D eigenvalue weighted by Crippen LogP contribution is 2.25. The summed E-state index contributed by atoms with van der Waals surface area (Å²) in [5.74, 6) is 0.893. The molecule has 0 aliphatic heterocycles. The van der Waals surface area contributed by atoms with E-state index < -0.39 is 0 Å². The van der Waals surface area contributed by atoms with Gasteiger partial charge in [-0.3, -0.25) is 0 Å². The van der Waals surface area contributed by atoms with Gasteiger partial charge in [0.2, 0.25) is 0 Å². The highest BCUT2D eigenvalue weighted by atomic mass is 15.1. The van der Waals surface area contributed by atoms with Crippen LogP contribution >= 0.6 is 0 Å². The van der Waals surface area contributed by atoms with Gasteiger partial charge in [0.15, 0.2) is 0 Å². The van der Waals surface area contributed by atoms with Crippen LogP contribution in [0.15, 0.2) is 0 Å². The van der Waals surface area contributed by atoms with Gasteiger partial charge >= 0.3 is 0 Å². The lowest BCUT2D eigenvalue weighted by molar-refractivity contribution is 0.164. The first-order valence-electron chi connectivity index (χ1n) is 9.27. The molecule has 20 heavy (non-hydrogen) atoms. The smallest absolute Gasteiger partial charge is 0.0107 e. The van der Waals surface area contributed by atoms with Crippen LogP contribution in [-0.2, 0) is 0 Å². The van der Waals surface area contributed by atoms with Crippen molar-refractivity contribution in [3.8, 4) is 0 Å². The molecule has 120 valence electrons. The quantitative estimate of drug-likeness (QED) is 0.602. The molecule has 0 aromatic rings. The zero-order valence-corrected chi connectivity index (χ0v) is 14.3. The molecule has 2 atom stereocenters. The zero-order chi connectivity index (χ0) is 14.6. The van der Waals surface area contributed by atoms with Gasteiger partial charge in [-0.05, 0) is 57.7 Å². The van der Waals surface area contributed by atoms with Crippen molar-refractivity contribution < 1.29 is 0 Å². The Morgan fingerprint density at radius 1 is 0.900 bits per heavy atom. The van der Waals surface area contributed by atoms with Crippen LogP contribution in [0.1, 0.15) is 78.6 Å². The van der Waals surface area contributed by atoms with Crippen LogP contribution in [0.25, 0.3) is 0 Å². The van der Waals surface area contributed by atoms with Crippen molar-refractivity contribution in [3.05, 3.63) is 0 Å². The summed E-state index contributed by atoms with van der Waals surface area (Å²) in [5.41, 5.74) is 0. The summed E-state index contributed by atoms with van der Waals surface area (Å²) in [7, 11) is 0. The van der Waals surface area contributed by atoms with Crippen LogP contribution in [0.3, 0.4) is 0 Å². The Morgan fingerprint density at radius 2 is 1.55 bits per heavy atom. The highest BCUT2D eigenvalue weighted by Gasteiger charge is 2.25. The van der Waals surface area contributed by atoms with Gasteiger partial charge in [-0.25, -0.2) is 0 Å². The first kappa shape index (κ1) is 18.0. The number of unbranched alkanes of at least 4 members (excludes halogenated alkanes) is 2. The molecule has 2 nitrogen and oxygen atoms in total. The van der Waals surface area contributed by atoms with Crippen molar-refractivity contribution in [1.29, 1.82) is 0 Å². The zero-order valence-electron chi connectivity index (χ0n) is 14.3. The molecule has 1 rings (SSSR count). The van der Waals surface area contributed by atoms with Crippen molar-refractivity contribution in [2.24, 2.45) is 5.92 Å². The second-order valence-corrected chi connectivity index (χ2v) is 6.61. The normalized spacial score (nSPS) is 23.4. The molecule has 1 aliphatic rings. The van der Waals surface area contributed by atoms with E-state index in [-0.39, 0.29) is 0 Å². The number of rotatable bonds is 11. The van der Waals surface area contributed by atoms with E-state index in [1.807, 2.05) is 0 Å². The molecule has 0 aromatic carbocycles. The van der Waals surface area contributed by atoms with Crippen molar-refractivity contribution in [1.82, 2.24) is 10.2 Å². The topological polar surface area (TPSA) is 15.3 Å². The lowest BCUT2D eigenvalue weighted by atomic mass is 9.84. The molecule has 1 N–H and O–H groups in total. The predicted octanol–water partition coefficient (Wildman–Crippen LogP) is 4.45. The summed E-state index contributed by atoms with van der Waals surface area (Å²) in [6.07, 6.45) is 12.4.